The first kappa shape index (κ1) is 16.0. The fourth-order valence-corrected chi connectivity index (χ4v) is 4.36. The second kappa shape index (κ2) is 5.29. The number of pyridine rings is 1. The molecule has 0 radical (unpaired) electrons. The lowest BCUT2D eigenvalue weighted by Gasteiger charge is -2.45. The molecule has 1 saturated carbocycles. The number of nitrogens with zero attached hydrogens (tertiary/aromatic N) is 7. The molecule has 8 heteroatoms. The van der Waals surface area contributed by atoms with Gasteiger partial charge < -0.3 is 14.6 Å². The van der Waals surface area contributed by atoms with Crippen LogP contribution in [0.2, 0.25) is 0 Å². The average Bonchev–Trinajstić information content (AvgIpc) is 3.28. The van der Waals surface area contributed by atoms with Crippen LogP contribution in [0.15, 0.2) is 30.9 Å². The van der Waals surface area contributed by atoms with Gasteiger partial charge in [0, 0.05) is 42.7 Å². The summed E-state index contributed by atoms with van der Waals surface area (Å²) in [7, 11) is 0. The van der Waals surface area contributed by atoms with Crippen molar-refractivity contribution >= 4 is 22.5 Å². The monoisotopic (exact) mass is 375 g/mol. The van der Waals surface area contributed by atoms with Crippen LogP contribution >= 0.6 is 0 Å². The Morgan fingerprint density at radius 3 is 2.79 bits per heavy atom. The molecule has 4 aromatic rings. The van der Waals surface area contributed by atoms with Crippen LogP contribution in [0.3, 0.4) is 0 Å². The number of imidazole rings is 1. The molecule has 0 unspecified atom stereocenters. The summed E-state index contributed by atoms with van der Waals surface area (Å²) in [5.74, 6) is 1.87. The van der Waals surface area contributed by atoms with Crippen LogP contribution in [0, 0.1) is 6.92 Å². The van der Waals surface area contributed by atoms with Crippen LogP contribution in [0.25, 0.3) is 27.8 Å². The van der Waals surface area contributed by atoms with E-state index >= 15 is 0 Å². The van der Waals surface area contributed by atoms with Gasteiger partial charge in [0.2, 0.25) is 0 Å². The number of hydrogen-bond donors (Lipinski definition) is 1. The Kier molecular flexibility index (Phi) is 3.02. The van der Waals surface area contributed by atoms with Crippen LogP contribution in [0.5, 0.6) is 0 Å². The topological polar surface area (TPSA) is 84.4 Å². The van der Waals surface area contributed by atoms with Crippen LogP contribution in [0.4, 0.5) is 5.82 Å². The minimum absolute atomic E-state index is 0.551. The van der Waals surface area contributed by atoms with Gasteiger partial charge in [-0.05, 0) is 38.8 Å². The summed E-state index contributed by atoms with van der Waals surface area (Å²) in [5.41, 5.74) is 4.23. The first-order valence-electron chi connectivity index (χ1n) is 9.65. The van der Waals surface area contributed by atoms with Gasteiger partial charge in [0.25, 0.3) is 0 Å². The quantitative estimate of drug-likeness (QED) is 0.592. The molecule has 0 bridgehead atoms. The lowest BCUT2D eigenvalue weighted by atomic mass is 9.96. The molecule has 1 N–H and O–H groups in total. The number of anilines is 1. The van der Waals surface area contributed by atoms with Crippen molar-refractivity contribution in [2.24, 2.45) is 0 Å². The van der Waals surface area contributed by atoms with Gasteiger partial charge in [-0.25, -0.2) is 19.5 Å². The molecule has 6 rings (SSSR count). The van der Waals surface area contributed by atoms with Gasteiger partial charge >= 0.3 is 0 Å². The van der Waals surface area contributed by atoms with Crippen molar-refractivity contribution in [3.63, 3.8) is 0 Å². The zero-order valence-corrected chi connectivity index (χ0v) is 15.9. The Morgan fingerprint density at radius 2 is 2.04 bits per heavy atom. The number of β-amino-alcohol motifs (C(OH)–C–C–N with tert-alkyl or cyclic N) is 1. The van der Waals surface area contributed by atoms with Crippen LogP contribution in [-0.2, 0) is 0 Å². The first-order chi connectivity index (χ1) is 13.5. The zero-order chi connectivity index (χ0) is 19.0. The molecule has 2 aliphatic rings. The van der Waals surface area contributed by atoms with E-state index in [1.54, 1.807) is 6.33 Å². The van der Waals surface area contributed by atoms with Gasteiger partial charge in [0.15, 0.2) is 11.5 Å². The molecular weight excluding hydrogens is 354 g/mol. The predicted octanol–water partition coefficient (Wildman–Crippen LogP) is 2.36. The van der Waals surface area contributed by atoms with E-state index in [4.69, 9.17) is 0 Å². The van der Waals surface area contributed by atoms with Crippen molar-refractivity contribution in [3.05, 3.63) is 36.7 Å². The maximum atomic E-state index is 10.2. The lowest BCUT2D eigenvalue weighted by molar-refractivity contribution is 0.0306. The standard InChI is InChI=1S/C20H21N7O/c1-12-24-18-16(27(12)14-3-4-14)7-13(8-21-18)15-5-6-26-17(15)19(22-11-23-26)25-9-20(2,28)10-25/h5-8,11,14,28H,3-4,9-10H2,1-2H3. The minimum atomic E-state index is -0.663. The summed E-state index contributed by atoms with van der Waals surface area (Å²) >= 11 is 0. The maximum Gasteiger partial charge on any atom is 0.177 e. The Morgan fingerprint density at radius 1 is 1.21 bits per heavy atom. The third-order valence-corrected chi connectivity index (χ3v) is 5.74. The number of rotatable bonds is 3. The summed E-state index contributed by atoms with van der Waals surface area (Å²) < 4.78 is 4.16. The van der Waals surface area contributed by atoms with E-state index in [1.165, 1.54) is 12.8 Å². The second-order valence-electron chi connectivity index (χ2n) is 8.29. The Hall–Kier alpha value is -3.00. The van der Waals surface area contributed by atoms with Gasteiger partial charge in [-0.2, -0.15) is 5.10 Å². The van der Waals surface area contributed by atoms with Crippen LogP contribution in [-0.4, -0.2) is 52.9 Å². The predicted molar refractivity (Wildman–Crippen MR) is 105 cm³/mol. The number of aliphatic hydroxyl groups is 1. The molecule has 2 fully saturated rings. The van der Waals surface area contributed by atoms with E-state index in [2.05, 4.69) is 48.6 Å². The van der Waals surface area contributed by atoms with E-state index in [1.807, 2.05) is 23.8 Å². The van der Waals surface area contributed by atoms with Crippen molar-refractivity contribution in [1.82, 2.24) is 29.1 Å². The third kappa shape index (κ3) is 2.27. The van der Waals surface area contributed by atoms with Gasteiger partial charge in [-0.15, -0.1) is 0 Å². The highest BCUT2D eigenvalue weighted by molar-refractivity contribution is 5.91. The summed E-state index contributed by atoms with van der Waals surface area (Å²) in [5, 5.41) is 14.5. The number of aromatic nitrogens is 6. The summed E-state index contributed by atoms with van der Waals surface area (Å²) in [6.45, 7) is 5.03. The highest BCUT2D eigenvalue weighted by atomic mass is 16.3. The minimum Gasteiger partial charge on any atom is -0.386 e. The summed E-state index contributed by atoms with van der Waals surface area (Å²) in [6.07, 6.45) is 7.80. The fourth-order valence-electron chi connectivity index (χ4n) is 4.36. The highest BCUT2D eigenvalue weighted by Gasteiger charge is 2.38. The fraction of sp³-hybridized carbons (Fsp3) is 0.400. The summed E-state index contributed by atoms with van der Waals surface area (Å²) in [4.78, 5) is 15.9. The van der Waals surface area contributed by atoms with Crippen molar-refractivity contribution in [1.29, 1.82) is 0 Å². The third-order valence-electron chi connectivity index (χ3n) is 5.74. The second-order valence-corrected chi connectivity index (χ2v) is 8.29. The first-order valence-corrected chi connectivity index (χ1v) is 9.65. The van der Waals surface area contributed by atoms with E-state index in [9.17, 15) is 5.11 Å². The molecule has 142 valence electrons. The highest BCUT2D eigenvalue weighted by Crippen LogP contribution is 2.40. The smallest absolute Gasteiger partial charge is 0.177 e. The van der Waals surface area contributed by atoms with Crippen molar-refractivity contribution in [2.75, 3.05) is 18.0 Å². The molecular formula is C20H21N7O. The largest absolute Gasteiger partial charge is 0.386 e. The molecule has 0 amide bonds. The van der Waals surface area contributed by atoms with Crippen molar-refractivity contribution in [3.8, 4) is 11.1 Å². The molecule has 1 saturated heterocycles. The average molecular weight is 375 g/mol. The molecule has 0 spiro atoms. The zero-order valence-electron chi connectivity index (χ0n) is 15.9. The molecule has 0 aromatic carbocycles. The van der Waals surface area contributed by atoms with Crippen molar-refractivity contribution < 1.29 is 5.11 Å². The molecule has 5 heterocycles. The molecule has 4 aromatic heterocycles. The maximum absolute atomic E-state index is 10.2. The number of aryl methyl sites for hydroxylation is 1. The lowest BCUT2D eigenvalue weighted by Crippen LogP contribution is -2.60. The summed E-state index contributed by atoms with van der Waals surface area (Å²) in [6, 6.07) is 4.79. The Labute approximate surface area is 161 Å². The van der Waals surface area contributed by atoms with Gasteiger partial charge in [-0.3, -0.25) is 0 Å². The van der Waals surface area contributed by atoms with Gasteiger partial charge in [0.1, 0.15) is 17.7 Å². The van der Waals surface area contributed by atoms with E-state index in [0.717, 1.165) is 39.4 Å². The van der Waals surface area contributed by atoms with Gasteiger partial charge in [0.05, 0.1) is 11.1 Å². The molecule has 0 atom stereocenters. The van der Waals surface area contributed by atoms with E-state index < -0.39 is 5.60 Å². The van der Waals surface area contributed by atoms with E-state index in [0.29, 0.717) is 19.1 Å². The van der Waals surface area contributed by atoms with Crippen LogP contribution in [0.1, 0.15) is 31.6 Å². The normalized spacial score (nSPS) is 18.8. The molecule has 8 nitrogen and oxygen atoms in total. The molecule has 28 heavy (non-hydrogen) atoms. The van der Waals surface area contributed by atoms with Crippen molar-refractivity contribution in [2.45, 2.75) is 38.3 Å². The molecule has 1 aliphatic heterocycles. The SMILES string of the molecule is Cc1nc2ncc(-c3ccn4ncnc(N5CC(C)(O)C5)c34)cc2n1C1CC1. The van der Waals surface area contributed by atoms with Gasteiger partial charge in [-0.1, -0.05) is 0 Å². The van der Waals surface area contributed by atoms with E-state index in [-0.39, 0.29) is 0 Å². The molecule has 1 aliphatic carbocycles. The Balaban J connectivity index is 1.52. The Bertz CT molecular complexity index is 1230. The van der Waals surface area contributed by atoms with Crippen LogP contribution < -0.4 is 4.90 Å². The number of fused-ring (bicyclic) bond motifs is 2. The number of hydrogen-bond acceptors (Lipinski definition) is 6.